The quantitative estimate of drug-likeness (QED) is 0.517. The Kier molecular flexibility index (Phi) is 3.84. The van der Waals surface area contributed by atoms with E-state index in [1.165, 1.54) is 0 Å². The van der Waals surface area contributed by atoms with Crippen LogP contribution in [-0.4, -0.2) is 21.0 Å². The maximum absolute atomic E-state index is 12.5. The van der Waals surface area contributed by atoms with E-state index in [4.69, 9.17) is 0 Å². The van der Waals surface area contributed by atoms with Crippen LogP contribution >= 0.6 is 47.8 Å². The molecule has 0 spiro atoms. The molecular weight excluding hydrogens is 426 g/mol. The van der Waals surface area contributed by atoms with Crippen molar-refractivity contribution in [3.63, 3.8) is 0 Å². The molecule has 0 aromatic carbocycles. The summed E-state index contributed by atoms with van der Waals surface area (Å²) in [5.74, 6) is 0.156. The van der Waals surface area contributed by atoms with Crippen molar-refractivity contribution in [2.45, 2.75) is 35.3 Å². The highest BCUT2D eigenvalue weighted by atomic mass is 79.9. The van der Waals surface area contributed by atoms with Crippen LogP contribution in [0, 0.1) is 16.2 Å². The van der Waals surface area contributed by atoms with Crippen molar-refractivity contribution < 1.29 is 4.79 Å². The van der Waals surface area contributed by atoms with Crippen LogP contribution in [0.3, 0.4) is 0 Å². The molecule has 3 fully saturated rings. The van der Waals surface area contributed by atoms with Crippen LogP contribution in [-0.2, 0) is 4.79 Å². The fourth-order valence-electron chi connectivity index (χ4n) is 4.02. The van der Waals surface area contributed by atoms with E-state index in [9.17, 15) is 4.79 Å². The van der Waals surface area contributed by atoms with E-state index in [2.05, 4.69) is 73.5 Å². The molecule has 0 unspecified atom stereocenters. The molecule has 0 heterocycles. The summed E-state index contributed by atoms with van der Waals surface area (Å²) in [4.78, 5) is 12.7. The van der Waals surface area contributed by atoms with E-state index < -0.39 is 0 Å². The lowest BCUT2D eigenvalue weighted by Crippen LogP contribution is -2.72. The predicted octanol–water partition coefficient (Wildman–Crippen LogP) is 3.97. The Morgan fingerprint density at radius 2 is 2.11 bits per heavy atom. The van der Waals surface area contributed by atoms with Crippen molar-refractivity contribution in [1.82, 2.24) is 5.32 Å². The summed E-state index contributed by atoms with van der Waals surface area (Å²) in [6.07, 6.45) is 3.72. The minimum Gasteiger partial charge on any atom is -0.352 e. The first-order valence-electron chi connectivity index (χ1n) is 6.10. The third-order valence-corrected chi connectivity index (χ3v) is 8.53. The second-order valence-electron chi connectivity index (χ2n) is 5.80. The first-order valence-corrected chi connectivity index (χ1v) is 8.85. The average Bonchev–Trinajstić information content (AvgIpc) is 2.75. The molecule has 2 nitrogen and oxygen atoms in total. The molecule has 3 aliphatic carbocycles. The van der Waals surface area contributed by atoms with Crippen LogP contribution in [0.2, 0.25) is 0 Å². The Morgan fingerprint density at radius 1 is 1.50 bits per heavy atom. The molecule has 0 aliphatic heterocycles. The molecule has 102 valence electrons. The number of fused-ring (bicyclic) bond motifs is 1. The molecule has 3 rings (SSSR count). The van der Waals surface area contributed by atoms with E-state index in [0.717, 1.165) is 12.8 Å². The Bertz CT molecular complexity index is 396. The van der Waals surface area contributed by atoms with E-state index in [-0.39, 0.29) is 30.7 Å². The second kappa shape index (κ2) is 4.59. The Morgan fingerprint density at radius 3 is 2.50 bits per heavy atom. The highest BCUT2D eigenvalue weighted by molar-refractivity contribution is 9.24. The van der Waals surface area contributed by atoms with Crippen molar-refractivity contribution in [1.29, 1.82) is 0 Å². The van der Waals surface area contributed by atoms with E-state index in [0.29, 0.717) is 6.54 Å². The number of rotatable bonds is 4. The molecule has 5 heteroatoms. The molecule has 3 saturated carbocycles. The number of carbonyl (C=O) groups excluding carboxylic acids is 1. The van der Waals surface area contributed by atoms with Gasteiger partial charge in [-0.25, -0.2) is 0 Å². The summed E-state index contributed by atoms with van der Waals surface area (Å²) < 4.78 is 0.222. The van der Waals surface area contributed by atoms with Crippen molar-refractivity contribution >= 4 is 53.7 Å². The summed E-state index contributed by atoms with van der Waals surface area (Å²) in [5.41, 5.74) is -0.231. The van der Waals surface area contributed by atoms with Gasteiger partial charge in [-0.2, -0.15) is 0 Å². The van der Waals surface area contributed by atoms with Gasteiger partial charge in [-0.1, -0.05) is 67.7 Å². The predicted molar refractivity (Wildman–Crippen MR) is 85.4 cm³/mol. The molecule has 1 N–H and O–H groups in total. The first-order chi connectivity index (χ1) is 8.29. The minimum absolute atomic E-state index is 0.0307. The molecule has 18 heavy (non-hydrogen) atoms. The zero-order chi connectivity index (χ0) is 13.8. The van der Waals surface area contributed by atoms with Crippen LogP contribution in [0.5, 0.6) is 0 Å². The van der Waals surface area contributed by atoms with Gasteiger partial charge in [-0.3, -0.25) is 4.79 Å². The van der Waals surface area contributed by atoms with Gasteiger partial charge in [0, 0.05) is 16.8 Å². The summed E-state index contributed by atoms with van der Waals surface area (Å²) in [5, 5.41) is 2.98. The molecule has 2 bridgehead atoms. The molecular formula is C13H18Br3NO. The lowest BCUT2D eigenvalue weighted by Gasteiger charge is -2.66. The van der Waals surface area contributed by atoms with Gasteiger partial charge in [0.15, 0.2) is 0 Å². The standard InChI is InChI=1S/C13H18Br3NO/c1-4-7-17-10(18)13-6-5-12(8(13)14,9(15)16)11(13,2)3/h4,8-9H,1,5-7H2,2-3H3,(H,17,18)/t8-,12-,13+/m0/s1. The number of carbonyl (C=O) groups is 1. The van der Waals surface area contributed by atoms with Crippen molar-refractivity contribution in [2.75, 3.05) is 6.54 Å². The zero-order valence-electron chi connectivity index (χ0n) is 10.6. The van der Waals surface area contributed by atoms with Gasteiger partial charge in [0.05, 0.1) is 9.15 Å². The van der Waals surface area contributed by atoms with Crippen LogP contribution in [0.4, 0.5) is 0 Å². The monoisotopic (exact) mass is 441 g/mol. The summed E-state index contributed by atoms with van der Waals surface area (Å²) in [7, 11) is 0. The average molecular weight is 444 g/mol. The number of alkyl halides is 3. The fourth-order valence-corrected chi connectivity index (χ4v) is 8.94. The van der Waals surface area contributed by atoms with E-state index in [1.807, 2.05) is 0 Å². The molecule has 1 amide bonds. The largest absolute Gasteiger partial charge is 0.352 e. The maximum Gasteiger partial charge on any atom is 0.228 e. The van der Waals surface area contributed by atoms with Gasteiger partial charge < -0.3 is 5.32 Å². The third kappa shape index (κ3) is 1.42. The number of hydrogen-bond acceptors (Lipinski definition) is 1. The van der Waals surface area contributed by atoms with Crippen LogP contribution in [0.15, 0.2) is 12.7 Å². The number of halogens is 3. The zero-order valence-corrected chi connectivity index (χ0v) is 15.4. The van der Waals surface area contributed by atoms with Gasteiger partial charge in [-0.05, 0) is 18.3 Å². The lowest BCUT2D eigenvalue weighted by molar-refractivity contribution is -0.161. The van der Waals surface area contributed by atoms with Gasteiger partial charge in [-0.15, -0.1) is 6.58 Å². The van der Waals surface area contributed by atoms with Crippen molar-refractivity contribution in [3.05, 3.63) is 12.7 Å². The molecule has 0 aromatic heterocycles. The summed E-state index contributed by atoms with van der Waals surface area (Å²) in [6.45, 7) is 8.61. The van der Waals surface area contributed by atoms with Gasteiger partial charge in [0.2, 0.25) is 5.91 Å². The maximum atomic E-state index is 12.5. The number of nitrogens with one attached hydrogen (secondary N) is 1. The SMILES string of the molecule is C=CCNC(=O)[C@@]12CC[C@@](C(Br)Br)([C@@H]1Br)C2(C)C. The highest BCUT2D eigenvalue weighted by Gasteiger charge is 2.83. The topological polar surface area (TPSA) is 29.1 Å². The molecule has 0 aromatic rings. The van der Waals surface area contributed by atoms with E-state index >= 15 is 0 Å². The van der Waals surface area contributed by atoms with Gasteiger partial charge >= 0.3 is 0 Å². The third-order valence-electron chi connectivity index (χ3n) is 5.30. The first kappa shape index (κ1) is 15.0. The number of amides is 1. The Labute approximate surface area is 134 Å². The Hall–Kier alpha value is 0.650. The Balaban J connectivity index is 2.33. The van der Waals surface area contributed by atoms with Crippen LogP contribution in [0.1, 0.15) is 26.7 Å². The summed E-state index contributed by atoms with van der Waals surface area (Å²) in [6, 6.07) is 0. The smallest absolute Gasteiger partial charge is 0.228 e. The second-order valence-corrected chi connectivity index (χ2v) is 9.77. The molecule has 3 atom stereocenters. The van der Waals surface area contributed by atoms with Gasteiger partial charge in [0.25, 0.3) is 0 Å². The molecule has 0 radical (unpaired) electrons. The van der Waals surface area contributed by atoms with Crippen molar-refractivity contribution in [3.8, 4) is 0 Å². The van der Waals surface area contributed by atoms with Crippen molar-refractivity contribution in [2.24, 2.45) is 16.2 Å². The number of hydrogen-bond donors (Lipinski definition) is 1. The highest BCUT2D eigenvalue weighted by Crippen LogP contribution is 2.82. The normalized spacial score (nSPS) is 40.4. The van der Waals surface area contributed by atoms with E-state index in [1.54, 1.807) is 6.08 Å². The fraction of sp³-hybridized carbons (Fsp3) is 0.769. The summed E-state index contributed by atoms with van der Waals surface area (Å²) >= 11 is 11.1. The molecule has 0 saturated heterocycles. The van der Waals surface area contributed by atoms with Gasteiger partial charge in [0.1, 0.15) is 0 Å². The lowest BCUT2D eigenvalue weighted by atomic mass is 9.43. The van der Waals surface area contributed by atoms with Crippen LogP contribution < -0.4 is 5.32 Å². The minimum atomic E-state index is -0.296. The molecule has 3 aliphatic rings. The van der Waals surface area contributed by atoms with Crippen LogP contribution in [0.25, 0.3) is 0 Å².